The summed E-state index contributed by atoms with van der Waals surface area (Å²) >= 11 is 0. The second-order valence-corrected chi connectivity index (χ2v) is 5.23. The first-order valence-corrected chi connectivity index (χ1v) is 6.82. The van der Waals surface area contributed by atoms with E-state index < -0.39 is 5.97 Å². The molecule has 2 heterocycles. The number of likely N-dealkylation sites (tertiary alicyclic amines) is 1. The van der Waals surface area contributed by atoms with E-state index in [2.05, 4.69) is 15.5 Å². The number of nitrogens with zero attached hydrogens (tertiary/aromatic N) is 2. The van der Waals surface area contributed by atoms with Crippen molar-refractivity contribution in [3.63, 3.8) is 0 Å². The number of carboxylic acids is 1. The molecule has 1 aromatic rings. The minimum absolute atomic E-state index is 0.0991. The van der Waals surface area contributed by atoms with Gasteiger partial charge in [0.25, 0.3) is 0 Å². The number of carbonyl (C=O) groups excluding carboxylic acids is 1. The zero-order valence-corrected chi connectivity index (χ0v) is 11.5. The largest absolute Gasteiger partial charge is 0.481 e. The average Bonchev–Trinajstić information content (AvgIpc) is 2.92. The Hall–Kier alpha value is -2.05. The number of piperidine rings is 1. The number of H-pyrrole nitrogens is 1. The van der Waals surface area contributed by atoms with E-state index in [0.717, 1.165) is 18.4 Å². The molecule has 7 heteroatoms. The van der Waals surface area contributed by atoms with Gasteiger partial charge in [-0.3, -0.25) is 9.89 Å². The number of carbonyl (C=O) groups is 2. The van der Waals surface area contributed by atoms with Crippen molar-refractivity contribution < 1.29 is 14.7 Å². The molecule has 0 bridgehead atoms. The van der Waals surface area contributed by atoms with Crippen molar-refractivity contribution in [3.8, 4) is 0 Å². The highest BCUT2D eigenvalue weighted by Crippen LogP contribution is 2.21. The first kappa shape index (κ1) is 14.4. The molecule has 0 spiro atoms. The number of aliphatic carboxylic acids is 1. The Kier molecular flexibility index (Phi) is 4.60. The summed E-state index contributed by atoms with van der Waals surface area (Å²) in [5.74, 6) is -0.579. The van der Waals surface area contributed by atoms with Gasteiger partial charge in [0.2, 0.25) is 0 Å². The van der Waals surface area contributed by atoms with Gasteiger partial charge in [0.15, 0.2) is 0 Å². The second kappa shape index (κ2) is 6.40. The van der Waals surface area contributed by atoms with Gasteiger partial charge in [-0.1, -0.05) is 0 Å². The lowest BCUT2D eigenvalue weighted by atomic mass is 9.94. The van der Waals surface area contributed by atoms with E-state index in [0.29, 0.717) is 13.1 Å². The van der Waals surface area contributed by atoms with Crippen LogP contribution in [0.3, 0.4) is 0 Å². The molecule has 20 heavy (non-hydrogen) atoms. The van der Waals surface area contributed by atoms with Crippen LogP contribution in [-0.4, -0.2) is 45.3 Å². The van der Waals surface area contributed by atoms with Crippen molar-refractivity contribution in [2.75, 3.05) is 13.1 Å². The summed E-state index contributed by atoms with van der Waals surface area (Å²) < 4.78 is 0. The number of nitrogens with one attached hydrogen (secondary N) is 2. The lowest BCUT2D eigenvalue weighted by Crippen LogP contribution is -2.45. The molecule has 110 valence electrons. The molecule has 0 radical (unpaired) electrons. The van der Waals surface area contributed by atoms with Gasteiger partial charge in [-0.2, -0.15) is 5.10 Å². The van der Waals surface area contributed by atoms with Gasteiger partial charge in [0.05, 0.1) is 12.2 Å². The van der Waals surface area contributed by atoms with Crippen molar-refractivity contribution in [3.05, 3.63) is 18.0 Å². The van der Waals surface area contributed by atoms with E-state index in [4.69, 9.17) is 5.11 Å². The Labute approximate surface area is 117 Å². The summed E-state index contributed by atoms with van der Waals surface area (Å²) in [7, 11) is 0. The highest BCUT2D eigenvalue weighted by atomic mass is 16.4. The predicted octanol–water partition coefficient (Wildman–Crippen LogP) is 1.37. The van der Waals surface area contributed by atoms with Crippen LogP contribution in [0.2, 0.25) is 0 Å². The maximum atomic E-state index is 12.1. The van der Waals surface area contributed by atoms with Crippen molar-refractivity contribution in [2.45, 2.75) is 32.2 Å². The van der Waals surface area contributed by atoms with Crippen LogP contribution in [0.5, 0.6) is 0 Å². The first-order valence-electron chi connectivity index (χ1n) is 6.82. The minimum atomic E-state index is -0.763. The van der Waals surface area contributed by atoms with E-state index in [1.807, 2.05) is 6.92 Å². The van der Waals surface area contributed by atoms with E-state index in [1.165, 1.54) is 0 Å². The number of hydrogen-bond donors (Lipinski definition) is 3. The third kappa shape index (κ3) is 3.72. The number of hydrogen-bond acceptors (Lipinski definition) is 3. The highest BCUT2D eigenvalue weighted by Gasteiger charge is 2.25. The van der Waals surface area contributed by atoms with Crippen LogP contribution in [0.25, 0.3) is 0 Å². The van der Waals surface area contributed by atoms with Gasteiger partial charge in [0.1, 0.15) is 0 Å². The molecule has 1 aliphatic rings. The van der Waals surface area contributed by atoms with E-state index in [-0.39, 0.29) is 24.4 Å². The molecule has 1 atom stereocenters. The lowest BCUT2D eigenvalue weighted by Gasteiger charge is -2.32. The summed E-state index contributed by atoms with van der Waals surface area (Å²) in [5, 5.41) is 18.3. The van der Waals surface area contributed by atoms with Crippen LogP contribution in [-0.2, 0) is 4.79 Å². The van der Waals surface area contributed by atoms with Gasteiger partial charge in [-0.25, -0.2) is 4.79 Å². The van der Waals surface area contributed by atoms with Crippen molar-refractivity contribution in [2.24, 2.45) is 5.92 Å². The quantitative estimate of drug-likeness (QED) is 0.775. The molecule has 1 saturated heterocycles. The maximum Gasteiger partial charge on any atom is 0.317 e. The molecule has 1 aliphatic heterocycles. The van der Waals surface area contributed by atoms with E-state index in [9.17, 15) is 9.59 Å². The molecule has 3 N–H and O–H groups in total. The Morgan fingerprint density at radius 2 is 2.25 bits per heavy atom. The molecule has 1 fully saturated rings. The number of amides is 2. The van der Waals surface area contributed by atoms with Crippen LogP contribution in [0.4, 0.5) is 4.79 Å². The lowest BCUT2D eigenvalue weighted by molar-refractivity contribution is -0.138. The molecule has 0 aromatic carbocycles. The number of rotatable bonds is 4. The topological polar surface area (TPSA) is 98.3 Å². The molecule has 2 rings (SSSR count). The zero-order valence-electron chi connectivity index (χ0n) is 11.5. The van der Waals surface area contributed by atoms with Gasteiger partial charge in [0, 0.05) is 31.3 Å². The summed E-state index contributed by atoms with van der Waals surface area (Å²) in [5.41, 5.74) is 0.930. The molecule has 2 amide bonds. The normalized spacial score (nSPS) is 17.8. The Morgan fingerprint density at radius 3 is 2.80 bits per heavy atom. The van der Waals surface area contributed by atoms with Gasteiger partial charge >= 0.3 is 12.0 Å². The van der Waals surface area contributed by atoms with Gasteiger partial charge in [-0.15, -0.1) is 0 Å². The fourth-order valence-electron chi connectivity index (χ4n) is 2.44. The van der Waals surface area contributed by atoms with Gasteiger partial charge in [-0.05, 0) is 25.7 Å². The third-order valence-electron chi connectivity index (χ3n) is 3.72. The minimum Gasteiger partial charge on any atom is -0.481 e. The molecule has 0 saturated carbocycles. The first-order chi connectivity index (χ1) is 9.56. The van der Waals surface area contributed by atoms with Crippen molar-refractivity contribution in [1.29, 1.82) is 0 Å². The van der Waals surface area contributed by atoms with Crippen LogP contribution < -0.4 is 5.32 Å². The zero-order chi connectivity index (χ0) is 14.5. The highest BCUT2D eigenvalue weighted by molar-refractivity contribution is 5.74. The van der Waals surface area contributed by atoms with Gasteiger partial charge < -0.3 is 15.3 Å². The predicted molar refractivity (Wildman–Crippen MR) is 72.1 cm³/mol. The third-order valence-corrected chi connectivity index (χ3v) is 3.72. The SMILES string of the molecule is CC(NC(=O)N1CCC(CC(=O)O)CC1)c1cn[nH]c1. The molecule has 0 aliphatic carbocycles. The van der Waals surface area contributed by atoms with Crippen molar-refractivity contribution >= 4 is 12.0 Å². The molecule has 1 aromatic heterocycles. The van der Waals surface area contributed by atoms with Crippen LogP contribution in [0.1, 0.15) is 37.8 Å². The van der Waals surface area contributed by atoms with Crippen molar-refractivity contribution in [1.82, 2.24) is 20.4 Å². The van der Waals surface area contributed by atoms with E-state index >= 15 is 0 Å². The number of aromatic nitrogens is 2. The Morgan fingerprint density at radius 1 is 1.55 bits per heavy atom. The second-order valence-electron chi connectivity index (χ2n) is 5.23. The summed E-state index contributed by atoms with van der Waals surface area (Å²) in [4.78, 5) is 24.5. The molecular formula is C13H20N4O3. The fourth-order valence-corrected chi connectivity index (χ4v) is 2.44. The van der Waals surface area contributed by atoms with E-state index in [1.54, 1.807) is 17.3 Å². The fraction of sp³-hybridized carbons (Fsp3) is 0.615. The Balaban J connectivity index is 1.78. The maximum absolute atomic E-state index is 12.1. The monoisotopic (exact) mass is 280 g/mol. The number of urea groups is 1. The number of aromatic amines is 1. The summed E-state index contributed by atoms with van der Waals surface area (Å²) in [6.07, 6.45) is 5.13. The van der Waals surface area contributed by atoms with Crippen LogP contribution in [0, 0.1) is 5.92 Å². The van der Waals surface area contributed by atoms with Crippen LogP contribution >= 0.6 is 0 Å². The smallest absolute Gasteiger partial charge is 0.317 e. The molecular weight excluding hydrogens is 260 g/mol. The summed E-state index contributed by atoms with van der Waals surface area (Å²) in [6, 6.07) is -0.203. The standard InChI is InChI=1S/C13H20N4O3/c1-9(11-7-14-15-8-11)16-13(20)17-4-2-10(3-5-17)6-12(18)19/h7-10H,2-6H2,1H3,(H,14,15)(H,16,20)(H,18,19). The van der Waals surface area contributed by atoms with Crippen LogP contribution in [0.15, 0.2) is 12.4 Å². The number of carboxylic acid groups (broad SMARTS) is 1. The molecule has 1 unspecified atom stereocenters. The average molecular weight is 280 g/mol. The molecule has 7 nitrogen and oxygen atoms in total. The summed E-state index contributed by atoms with van der Waals surface area (Å²) in [6.45, 7) is 3.13. The Bertz CT molecular complexity index is 452.